The number of aryl methyl sites for hydroxylation is 2. The Bertz CT molecular complexity index is 1280. The molecule has 0 aliphatic heterocycles. The molecule has 0 spiro atoms. The molecular weight excluding hydrogens is 457 g/mol. The zero-order chi connectivity index (χ0) is 23.4. The smallest absolute Gasteiger partial charge is 0.256 e. The molecule has 1 aromatic heterocycles. The molecule has 4 aromatic rings. The van der Waals surface area contributed by atoms with E-state index >= 15 is 0 Å². The van der Waals surface area contributed by atoms with Crippen molar-refractivity contribution in [3.63, 3.8) is 0 Å². The molecule has 1 N–H and O–H groups in total. The van der Waals surface area contributed by atoms with Gasteiger partial charge in [-0.15, -0.1) is 0 Å². The van der Waals surface area contributed by atoms with Crippen LogP contribution in [-0.4, -0.2) is 15.7 Å². The summed E-state index contributed by atoms with van der Waals surface area (Å²) in [7, 11) is 0. The monoisotopic (exact) mass is 479 g/mol. The van der Waals surface area contributed by atoms with Crippen LogP contribution in [0.15, 0.2) is 72.9 Å². The Morgan fingerprint density at radius 2 is 1.76 bits per heavy atom. The van der Waals surface area contributed by atoms with Crippen LogP contribution in [0.5, 0.6) is 5.75 Å². The van der Waals surface area contributed by atoms with Crippen LogP contribution >= 0.6 is 23.2 Å². The Morgan fingerprint density at radius 3 is 2.55 bits per heavy atom. The minimum Gasteiger partial charge on any atom is -0.489 e. The second kappa shape index (κ2) is 10.1. The quantitative estimate of drug-likeness (QED) is 0.321. The molecule has 0 aliphatic carbocycles. The van der Waals surface area contributed by atoms with Gasteiger partial charge >= 0.3 is 0 Å². The Balaban J connectivity index is 1.40. The number of amides is 1. The SMILES string of the molecule is Cc1ccc(C)c(OCc2cccc(C(=O)Nc3ccn(Cc4c(Cl)cccc4Cl)n3)c2)c1. The highest BCUT2D eigenvalue weighted by molar-refractivity contribution is 6.35. The number of hydrogen-bond donors (Lipinski definition) is 1. The minimum atomic E-state index is -0.246. The van der Waals surface area contributed by atoms with E-state index < -0.39 is 0 Å². The fourth-order valence-corrected chi connectivity index (χ4v) is 3.89. The molecule has 1 amide bonds. The van der Waals surface area contributed by atoms with E-state index in [-0.39, 0.29) is 5.91 Å². The summed E-state index contributed by atoms with van der Waals surface area (Å²) < 4.78 is 7.64. The Morgan fingerprint density at radius 1 is 1.00 bits per heavy atom. The van der Waals surface area contributed by atoms with Crippen molar-refractivity contribution >= 4 is 34.9 Å². The second-order valence-corrected chi connectivity index (χ2v) is 8.63. The first-order chi connectivity index (χ1) is 15.9. The standard InChI is InChI=1S/C26H23Cl2N3O2/c1-17-9-10-18(2)24(13-17)33-16-19-5-3-6-20(14-19)26(32)29-25-11-12-31(30-25)15-21-22(27)7-4-8-23(21)28/h3-14H,15-16H2,1-2H3,(H,29,30,32). The average molecular weight is 480 g/mol. The van der Waals surface area contributed by atoms with Crippen LogP contribution < -0.4 is 10.1 Å². The molecule has 4 rings (SSSR count). The molecule has 0 atom stereocenters. The average Bonchev–Trinajstić information content (AvgIpc) is 3.24. The fourth-order valence-electron chi connectivity index (χ4n) is 3.38. The van der Waals surface area contributed by atoms with Crippen molar-refractivity contribution in [2.45, 2.75) is 27.0 Å². The van der Waals surface area contributed by atoms with Gasteiger partial charge in [0, 0.05) is 33.4 Å². The number of hydrogen-bond acceptors (Lipinski definition) is 3. The number of nitrogens with zero attached hydrogens (tertiary/aromatic N) is 2. The van der Waals surface area contributed by atoms with Gasteiger partial charge in [0.15, 0.2) is 5.82 Å². The van der Waals surface area contributed by atoms with Crippen LogP contribution in [0, 0.1) is 13.8 Å². The van der Waals surface area contributed by atoms with Crippen LogP contribution in [-0.2, 0) is 13.2 Å². The predicted octanol–water partition coefficient (Wildman–Crippen LogP) is 6.69. The first kappa shape index (κ1) is 22.9. The second-order valence-electron chi connectivity index (χ2n) is 7.81. The summed E-state index contributed by atoms with van der Waals surface area (Å²) in [6.07, 6.45) is 1.77. The molecule has 0 fully saturated rings. The van der Waals surface area contributed by atoms with Crippen molar-refractivity contribution in [2.24, 2.45) is 0 Å². The van der Waals surface area contributed by atoms with E-state index in [1.807, 2.05) is 44.2 Å². The largest absolute Gasteiger partial charge is 0.489 e. The summed E-state index contributed by atoms with van der Waals surface area (Å²) in [6.45, 7) is 4.82. The van der Waals surface area contributed by atoms with E-state index in [1.54, 1.807) is 41.2 Å². The van der Waals surface area contributed by atoms with E-state index in [9.17, 15) is 4.79 Å². The van der Waals surface area contributed by atoms with Crippen molar-refractivity contribution in [3.05, 3.63) is 111 Å². The number of carbonyl (C=O) groups excluding carboxylic acids is 1. The maximum Gasteiger partial charge on any atom is 0.256 e. The molecule has 3 aromatic carbocycles. The Hall–Kier alpha value is -3.28. The molecule has 1 heterocycles. The van der Waals surface area contributed by atoms with Gasteiger partial charge in [0.25, 0.3) is 5.91 Å². The third kappa shape index (κ3) is 5.75. The van der Waals surface area contributed by atoms with Gasteiger partial charge < -0.3 is 10.1 Å². The summed E-state index contributed by atoms with van der Waals surface area (Å²) in [4.78, 5) is 12.8. The maximum absolute atomic E-state index is 12.8. The summed E-state index contributed by atoms with van der Waals surface area (Å²) in [5.74, 6) is 1.04. The number of carbonyl (C=O) groups is 1. The van der Waals surface area contributed by atoms with E-state index in [0.29, 0.717) is 34.6 Å². The van der Waals surface area contributed by atoms with E-state index in [1.165, 1.54) is 0 Å². The molecule has 33 heavy (non-hydrogen) atoms. The van der Waals surface area contributed by atoms with Gasteiger partial charge in [-0.3, -0.25) is 9.48 Å². The molecule has 0 aliphatic rings. The van der Waals surface area contributed by atoms with Gasteiger partial charge in [0.1, 0.15) is 12.4 Å². The summed E-state index contributed by atoms with van der Waals surface area (Å²) in [5.41, 5.74) is 4.42. The molecule has 7 heteroatoms. The lowest BCUT2D eigenvalue weighted by molar-refractivity contribution is 0.102. The Kier molecular flexibility index (Phi) is 7.02. The number of ether oxygens (including phenoxy) is 1. The van der Waals surface area contributed by atoms with Crippen LogP contribution in [0.4, 0.5) is 5.82 Å². The minimum absolute atomic E-state index is 0.246. The number of anilines is 1. The van der Waals surface area contributed by atoms with Crippen molar-refractivity contribution in [1.82, 2.24) is 9.78 Å². The van der Waals surface area contributed by atoms with Crippen LogP contribution in [0.25, 0.3) is 0 Å². The van der Waals surface area contributed by atoms with Crippen molar-refractivity contribution in [3.8, 4) is 5.75 Å². The highest BCUT2D eigenvalue weighted by Gasteiger charge is 2.11. The van der Waals surface area contributed by atoms with Crippen molar-refractivity contribution < 1.29 is 9.53 Å². The number of rotatable bonds is 7. The number of halogens is 2. The zero-order valence-corrected chi connectivity index (χ0v) is 19.8. The fraction of sp³-hybridized carbons (Fsp3) is 0.154. The molecule has 0 bridgehead atoms. The van der Waals surface area contributed by atoms with Gasteiger partial charge in [-0.1, -0.05) is 53.5 Å². The lowest BCUT2D eigenvalue weighted by Gasteiger charge is -2.11. The third-order valence-corrected chi connectivity index (χ3v) is 5.90. The summed E-state index contributed by atoms with van der Waals surface area (Å²) >= 11 is 12.5. The first-order valence-electron chi connectivity index (χ1n) is 10.5. The molecular formula is C26H23Cl2N3O2. The molecule has 168 valence electrons. The summed E-state index contributed by atoms with van der Waals surface area (Å²) in [6, 6.07) is 20.6. The summed E-state index contributed by atoms with van der Waals surface area (Å²) in [5, 5.41) is 8.39. The normalized spacial score (nSPS) is 10.8. The number of aromatic nitrogens is 2. The van der Waals surface area contributed by atoms with Crippen molar-refractivity contribution in [2.75, 3.05) is 5.32 Å². The molecule has 0 saturated carbocycles. The first-order valence-corrected chi connectivity index (χ1v) is 11.2. The molecule has 0 radical (unpaired) electrons. The van der Waals surface area contributed by atoms with Gasteiger partial charge in [-0.25, -0.2) is 0 Å². The topological polar surface area (TPSA) is 56.1 Å². The van der Waals surface area contributed by atoms with E-state index in [4.69, 9.17) is 27.9 Å². The van der Waals surface area contributed by atoms with Gasteiger partial charge in [-0.05, 0) is 60.9 Å². The molecule has 0 saturated heterocycles. The van der Waals surface area contributed by atoms with Crippen LogP contribution in [0.1, 0.15) is 32.6 Å². The van der Waals surface area contributed by atoms with E-state index in [0.717, 1.165) is 28.0 Å². The van der Waals surface area contributed by atoms with Crippen molar-refractivity contribution in [1.29, 1.82) is 0 Å². The van der Waals surface area contributed by atoms with Gasteiger partial charge in [0.2, 0.25) is 0 Å². The number of benzene rings is 3. The Labute approximate surface area is 202 Å². The van der Waals surface area contributed by atoms with Gasteiger partial charge in [0.05, 0.1) is 6.54 Å². The molecule has 5 nitrogen and oxygen atoms in total. The van der Waals surface area contributed by atoms with Crippen LogP contribution in [0.3, 0.4) is 0 Å². The lowest BCUT2D eigenvalue weighted by atomic mass is 10.1. The highest BCUT2D eigenvalue weighted by Crippen LogP contribution is 2.25. The lowest BCUT2D eigenvalue weighted by Crippen LogP contribution is -2.13. The predicted molar refractivity (Wildman–Crippen MR) is 132 cm³/mol. The van der Waals surface area contributed by atoms with Crippen LogP contribution in [0.2, 0.25) is 10.0 Å². The third-order valence-electron chi connectivity index (χ3n) is 5.19. The van der Waals surface area contributed by atoms with E-state index in [2.05, 4.69) is 16.5 Å². The maximum atomic E-state index is 12.8. The van der Waals surface area contributed by atoms with Gasteiger partial charge in [-0.2, -0.15) is 5.10 Å². The highest BCUT2D eigenvalue weighted by atomic mass is 35.5. The molecule has 0 unspecified atom stereocenters. The zero-order valence-electron chi connectivity index (χ0n) is 18.3. The number of nitrogens with one attached hydrogen (secondary N) is 1.